The van der Waals surface area contributed by atoms with Crippen LogP contribution < -0.4 is 4.90 Å². The van der Waals surface area contributed by atoms with E-state index in [9.17, 15) is 27.1 Å². The quantitative estimate of drug-likeness (QED) is 0.305. The van der Waals surface area contributed by atoms with E-state index in [4.69, 9.17) is 0 Å². The van der Waals surface area contributed by atoms with Crippen LogP contribution >= 0.6 is 0 Å². The molecular formula is C23H18F5NO. The molecule has 0 bridgehead atoms. The van der Waals surface area contributed by atoms with Crippen molar-refractivity contribution in [2.75, 3.05) is 18.1 Å². The third-order valence-electron chi connectivity index (χ3n) is 4.57. The lowest BCUT2D eigenvalue weighted by atomic mass is 10.00. The second-order valence-electron chi connectivity index (χ2n) is 6.45. The van der Waals surface area contributed by atoms with Gasteiger partial charge in [-0.25, -0.2) is 22.0 Å². The van der Waals surface area contributed by atoms with Crippen LogP contribution in [0.1, 0.15) is 17.2 Å². The van der Waals surface area contributed by atoms with Crippen molar-refractivity contribution in [2.24, 2.45) is 0 Å². The van der Waals surface area contributed by atoms with E-state index in [1.165, 1.54) is 17.1 Å². The number of aliphatic hydroxyl groups excluding tert-OH is 1. The van der Waals surface area contributed by atoms with Crippen molar-refractivity contribution in [3.05, 3.63) is 107 Å². The SMILES string of the molecule is OCCN(c1ccccc1)[C@H](/C=C/c1ccccc1)c1c(F)c(F)c(F)c(F)c1F. The van der Waals surface area contributed by atoms with E-state index in [0.717, 1.165) is 0 Å². The van der Waals surface area contributed by atoms with E-state index in [0.29, 0.717) is 11.3 Å². The molecule has 3 aromatic rings. The van der Waals surface area contributed by atoms with Crippen LogP contribution in [0.3, 0.4) is 0 Å². The molecule has 0 aliphatic rings. The summed E-state index contributed by atoms with van der Waals surface area (Å²) in [6.07, 6.45) is 2.87. The molecule has 2 nitrogen and oxygen atoms in total. The Hall–Kier alpha value is -3.19. The summed E-state index contributed by atoms with van der Waals surface area (Å²) in [4.78, 5) is 1.37. The number of aliphatic hydroxyl groups is 1. The number of anilines is 1. The topological polar surface area (TPSA) is 23.5 Å². The molecule has 0 aliphatic carbocycles. The summed E-state index contributed by atoms with van der Waals surface area (Å²) in [5.74, 6) is -10.1. The maximum absolute atomic E-state index is 14.7. The van der Waals surface area contributed by atoms with E-state index < -0.39 is 47.3 Å². The van der Waals surface area contributed by atoms with Gasteiger partial charge >= 0.3 is 0 Å². The first kappa shape index (κ1) is 21.5. The zero-order valence-electron chi connectivity index (χ0n) is 15.7. The molecule has 30 heavy (non-hydrogen) atoms. The van der Waals surface area contributed by atoms with Gasteiger partial charge in [-0.05, 0) is 17.7 Å². The van der Waals surface area contributed by atoms with Crippen LogP contribution in [-0.2, 0) is 0 Å². The molecule has 0 heterocycles. The largest absolute Gasteiger partial charge is 0.395 e. The monoisotopic (exact) mass is 419 g/mol. The summed E-state index contributed by atoms with van der Waals surface area (Å²) in [6, 6.07) is 15.6. The van der Waals surface area contributed by atoms with Gasteiger partial charge in [0.25, 0.3) is 0 Å². The fraction of sp³-hybridized carbons (Fsp3) is 0.130. The normalized spacial score (nSPS) is 12.3. The van der Waals surface area contributed by atoms with Crippen molar-refractivity contribution in [2.45, 2.75) is 6.04 Å². The van der Waals surface area contributed by atoms with E-state index in [2.05, 4.69) is 0 Å². The molecule has 0 saturated carbocycles. The Labute approximate surface area is 170 Å². The average molecular weight is 419 g/mol. The first-order valence-corrected chi connectivity index (χ1v) is 9.12. The number of nitrogens with zero attached hydrogens (tertiary/aromatic N) is 1. The standard InChI is InChI=1S/C23H18F5NO/c24-19-18(20(25)22(27)23(28)21(19)26)17(12-11-15-7-3-1-4-8-15)29(13-14-30)16-9-5-2-6-10-16/h1-12,17,30H,13-14H2/b12-11+/t17-/m1/s1. The lowest BCUT2D eigenvalue weighted by Gasteiger charge is -2.32. The smallest absolute Gasteiger partial charge is 0.200 e. The maximum atomic E-state index is 14.7. The van der Waals surface area contributed by atoms with Gasteiger partial charge in [-0.3, -0.25) is 0 Å². The molecule has 1 atom stereocenters. The minimum atomic E-state index is -2.21. The van der Waals surface area contributed by atoms with E-state index >= 15 is 0 Å². The summed E-state index contributed by atoms with van der Waals surface area (Å²) in [5, 5.41) is 9.51. The van der Waals surface area contributed by atoms with E-state index in [1.807, 2.05) is 0 Å². The number of halogens is 5. The van der Waals surface area contributed by atoms with Gasteiger partial charge in [-0.1, -0.05) is 60.7 Å². The van der Waals surface area contributed by atoms with Crippen molar-refractivity contribution >= 4 is 11.8 Å². The molecule has 0 saturated heterocycles. The number of hydrogen-bond donors (Lipinski definition) is 1. The molecule has 3 rings (SSSR count). The van der Waals surface area contributed by atoms with Crippen LogP contribution in [0, 0.1) is 29.1 Å². The Morgan fingerprint density at radius 2 is 1.23 bits per heavy atom. The third-order valence-corrected chi connectivity index (χ3v) is 4.57. The van der Waals surface area contributed by atoms with Crippen molar-refractivity contribution in [1.82, 2.24) is 0 Å². The van der Waals surface area contributed by atoms with Gasteiger partial charge in [0.15, 0.2) is 23.3 Å². The minimum absolute atomic E-state index is 0.104. The Kier molecular flexibility index (Phi) is 6.84. The zero-order chi connectivity index (χ0) is 21.7. The molecule has 7 heteroatoms. The molecule has 156 valence electrons. The average Bonchev–Trinajstić information content (AvgIpc) is 2.78. The highest BCUT2D eigenvalue weighted by Gasteiger charge is 2.32. The number of para-hydroxylation sites is 1. The first-order chi connectivity index (χ1) is 14.5. The number of hydrogen-bond acceptors (Lipinski definition) is 2. The lowest BCUT2D eigenvalue weighted by Crippen LogP contribution is -2.32. The highest BCUT2D eigenvalue weighted by atomic mass is 19.2. The molecule has 3 aromatic carbocycles. The molecule has 1 N–H and O–H groups in total. The molecular weight excluding hydrogens is 401 g/mol. The predicted octanol–water partition coefficient (Wildman–Crippen LogP) is 5.64. The van der Waals surface area contributed by atoms with Gasteiger partial charge in [0.1, 0.15) is 0 Å². The summed E-state index contributed by atoms with van der Waals surface area (Å²) in [5.41, 5.74) is 0.123. The second kappa shape index (κ2) is 9.54. The van der Waals surface area contributed by atoms with Gasteiger partial charge in [0.05, 0.1) is 18.2 Å². The van der Waals surface area contributed by atoms with Crippen LogP contribution in [0.15, 0.2) is 66.7 Å². The van der Waals surface area contributed by atoms with Crippen LogP contribution in [0.4, 0.5) is 27.6 Å². The van der Waals surface area contributed by atoms with Crippen LogP contribution in [-0.4, -0.2) is 18.3 Å². The first-order valence-electron chi connectivity index (χ1n) is 9.12. The van der Waals surface area contributed by atoms with Crippen LogP contribution in [0.2, 0.25) is 0 Å². The van der Waals surface area contributed by atoms with Crippen molar-refractivity contribution in [1.29, 1.82) is 0 Å². The Morgan fingerprint density at radius 3 is 1.77 bits per heavy atom. The molecule has 0 aliphatic heterocycles. The van der Waals surface area contributed by atoms with Crippen LogP contribution in [0.5, 0.6) is 0 Å². The van der Waals surface area contributed by atoms with E-state index in [1.54, 1.807) is 60.7 Å². The Morgan fingerprint density at radius 1 is 0.733 bits per heavy atom. The van der Waals surface area contributed by atoms with Crippen molar-refractivity contribution < 1.29 is 27.1 Å². The van der Waals surface area contributed by atoms with Crippen molar-refractivity contribution in [3.63, 3.8) is 0 Å². The van der Waals surface area contributed by atoms with Gasteiger partial charge in [-0.2, -0.15) is 0 Å². The number of benzene rings is 3. The summed E-state index contributed by atoms with van der Waals surface area (Å²) in [7, 11) is 0. The molecule has 0 radical (unpaired) electrons. The lowest BCUT2D eigenvalue weighted by molar-refractivity contribution is 0.298. The Bertz CT molecular complexity index is 996. The van der Waals surface area contributed by atoms with Gasteiger partial charge in [0, 0.05) is 12.2 Å². The predicted molar refractivity (Wildman–Crippen MR) is 105 cm³/mol. The fourth-order valence-corrected chi connectivity index (χ4v) is 3.16. The molecule has 0 fully saturated rings. The summed E-state index contributed by atoms with van der Waals surface area (Å²) in [6.45, 7) is -0.507. The van der Waals surface area contributed by atoms with Gasteiger partial charge < -0.3 is 10.0 Å². The maximum Gasteiger partial charge on any atom is 0.200 e. The highest BCUT2D eigenvalue weighted by molar-refractivity contribution is 5.56. The van der Waals surface area contributed by atoms with Crippen LogP contribution in [0.25, 0.3) is 6.08 Å². The summed E-state index contributed by atoms with van der Waals surface area (Å²) >= 11 is 0. The fourth-order valence-electron chi connectivity index (χ4n) is 3.16. The van der Waals surface area contributed by atoms with Crippen molar-refractivity contribution in [3.8, 4) is 0 Å². The third kappa shape index (κ3) is 4.36. The highest BCUT2D eigenvalue weighted by Crippen LogP contribution is 2.35. The zero-order valence-corrected chi connectivity index (χ0v) is 15.7. The van der Waals surface area contributed by atoms with E-state index in [-0.39, 0.29) is 6.54 Å². The second-order valence-corrected chi connectivity index (χ2v) is 6.45. The van der Waals surface area contributed by atoms with Gasteiger partial charge in [0.2, 0.25) is 5.82 Å². The molecule has 0 amide bonds. The molecule has 0 unspecified atom stereocenters. The Balaban J connectivity index is 2.21. The molecule has 0 aromatic heterocycles. The number of rotatable bonds is 7. The molecule has 0 spiro atoms. The minimum Gasteiger partial charge on any atom is -0.395 e. The summed E-state index contributed by atoms with van der Waals surface area (Å²) < 4.78 is 70.7. The van der Waals surface area contributed by atoms with Gasteiger partial charge in [-0.15, -0.1) is 0 Å².